The van der Waals surface area contributed by atoms with E-state index in [1.807, 2.05) is 7.05 Å². The highest BCUT2D eigenvalue weighted by atomic mass is 15.2. The van der Waals surface area contributed by atoms with Crippen LogP contribution in [0.3, 0.4) is 0 Å². The minimum atomic E-state index is 0.882. The van der Waals surface area contributed by atoms with Crippen molar-refractivity contribution in [3.05, 3.63) is 0 Å². The number of hydrogen-bond donors (Lipinski definition) is 1. The van der Waals surface area contributed by atoms with Gasteiger partial charge in [-0.3, -0.25) is 4.90 Å². The van der Waals surface area contributed by atoms with Crippen molar-refractivity contribution in [1.82, 2.24) is 10.2 Å². The molecule has 0 bridgehead atoms. The first-order valence-corrected chi connectivity index (χ1v) is 5.77. The van der Waals surface area contributed by atoms with Gasteiger partial charge in [-0.15, -0.1) is 0 Å². The van der Waals surface area contributed by atoms with Gasteiger partial charge >= 0.3 is 0 Å². The Labute approximate surface area is 82.7 Å². The van der Waals surface area contributed by atoms with Crippen LogP contribution in [0.25, 0.3) is 0 Å². The summed E-state index contributed by atoms with van der Waals surface area (Å²) in [6.45, 7) is 5.85. The van der Waals surface area contributed by atoms with Crippen LogP contribution >= 0.6 is 0 Å². The van der Waals surface area contributed by atoms with Crippen LogP contribution in [0.15, 0.2) is 0 Å². The summed E-state index contributed by atoms with van der Waals surface area (Å²) in [5.41, 5.74) is 0. The van der Waals surface area contributed by atoms with Gasteiger partial charge in [-0.05, 0) is 26.4 Å². The number of likely N-dealkylation sites (N-methyl/N-ethyl adjacent to an activating group) is 2. The van der Waals surface area contributed by atoms with Crippen LogP contribution in [-0.4, -0.2) is 37.6 Å². The predicted molar refractivity (Wildman–Crippen MR) is 58.0 cm³/mol. The fraction of sp³-hybridized carbons (Fsp3) is 1.00. The lowest BCUT2D eigenvalue weighted by Crippen LogP contribution is -2.40. The quantitative estimate of drug-likeness (QED) is 0.701. The molecule has 0 aromatic heterocycles. The zero-order chi connectivity index (χ0) is 9.52. The molecule has 2 heteroatoms. The van der Waals surface area contributed by atoms with Crippen LogP contribution in [-0.2, 0) is 0 Å². The van der Waals surface area contributed by atoms with E-state index in [2.05, 4.69) is 17.1 Å². The van der Waals surface area contributed by atoms with E-state index in [1.165, 1.54) is 45.2 Å². The molecule has 0 heterocycles. The molecule has 1 aliphatic rings. The van der Waals surface area contributed by atoms with E-state index in [-0.39, 0.29) is 0 Å². The average Bonchev–Trinajstić information content (AvgIpc) is 2.21. The lowest BCUT2D eigenvalue weighted by Gasteiger charge is -2.33. The number of rotatable bonds is 5. The van der Waals surface area contributed by atoms with Gasteiger partial charge in [0.25, 0.3) is 0 Å². The summed E-state index contributed by atoms with van der Waals surface area (Å²) in [6, 6.07) is 0.882. The topological polar surface area (TPSA) is 15.3 Å². The van der Waals surface area contributed by atoms with Crippen molar-refractivity contribution in [1.29, 1.82) is 0 Å². The summed E-state index contributed by atoms with van der Waals surface area (Å²) in [5, 5.41) is 3.23. The number of hydrogen-bond acceptors (Lipinski definition) is 2. The molecule has 0 radical (unpaired) electrons. The molecule has 0 aromatic carbocycles. The third-order valence-electron chi connectivity index (χ3n) is 3.15. The molecule has 0 amide bonds. The highest BCUT2D eigenvalue weighted by Gasteiger charge is 2.18. The predicted octanol–water partition coefficient (Wildman–Crippen LogP) is 1.86. The monoisotopic (exact) mass is 184 g/mol. The molecule has 1 aliphatic carbocycles. The summed E-state index contributed by atoms with van der Waals surface area (Å²) < 4.78 is 0. The molecule has 1 N–H and O–H groups in total. The van der Waals surface area contributed by atoms with E-state index in [1.54, 1.807) is 0 Å². The lowest BCUT2D eigenvalue weighted by molar-refractivity contribution is 0.165. The maximum Gasteiger partial charge on any atom is 0.0110 e. The van der Waals surface area contributed by atoms with Crippen molar-refractivity contribution in [3.63, 3.8) is 0 Å². The Bertz CT molecular complexity index is 119. The highest BCUT2D eigenvalue weighted by Crippen LogP contribution is 2.21. The molecule has 0 aliphatic heterocycles. The van der Waals surface area contributed by atoms with Gasteiger partial charge in [-0.2, -0.15) is 0 Å². The molecule has 13 heavy (non-hydrogen) atoms. The molecule has 2 nitrogen and oxygen atoms in total. The van der Waals surface area contributed by atoms with Gasteiger partial charge in [0.15, 0.2) is 0 Å². The number of nitrogens with one attached hydrogen (secondary N) is 1. The minimum Gasteiger partial charge on any atom is -0.318 e. The molecule has 0 unspecified atom stereocenters. The van der Waals surface area contributed by atoms with E-state index in [0.717, 1.165) is 12.6 Å². The zero-order valence-electron chi connectivity index (χ0n) is 9.18. The highest BCUT2D eigenvalue weighted by molar-refractivity contribution is 4.75. The van der Waals surface area contributed by atoms with E-state index in [0.29, 0.717) is 0 Å². The molecule has 0 atom stereocenters. The van der Waals surface area contributed by atoms with Gasteiger partial charge < -0.3 is 5.32 Å². The second-order valence-electron chi connectivity index (χ2n) is 4.02. The van der Waals surface area contributed by atoms with Crippen LogP contribution in [0, 0.1) is 0 Å². The van der Waals surface area contributed by atoms with Crippen molar-refractivity contribution in [3.8, 4) is 0 Å². The van der Waals surface area contributed by atoms with Gasteiger partial charge in [-0.25, -0.2) is 0 Å². The van der Waals surface area contributed by atoms with Gasteiger partial charge in [0, 0.05) is 19.1 Å². The molecular formula is C11H24N2. The average molecular weight is 184 g/mol. The normalized spacial score (nSPS) is 19.6. The Morgan fingerprint density at radius 1 is 1.23 bits per heavy atom. The van der Waals surface area contributed by atoms with E-state index >= 15 is 0 Å². The Hall–Kier alpha value is -0.0800. The van der Waals surface area contributed by atoms with Crippen LogP contribution in [0.2, 0.25) is 0 Å². The molecule has 0 saturated heterocycles. The summed E-state index contributed by atoms with van der Waals surface area (Å²) >= 11 is 0. The third-order valence-corrected chi connectivity index (χ3v) is 3.15. The van der Waals surface area contributed by atoms with E-state index in [4.69, 9.17) is 0 Å². The molecule has 0 spiro atoms. The second-order valence-corrected chi connectivity index (χ2v) is 4.02. The maximum absolute atomic E-state index is 3.23. The minimum absolute atomic E-state index is 0.882. The van der Waals surface area contributed by atoms with Crippen LogP contribution in [0.5, 0.6) is 0 Å². The summed E-state index contributed by atoms with van der Waals surface area (Å²) in [7, 11) is 2.04. The largest absolute Gasteiger partial charge is 0.318 e. The van der Waals surface area contributed by atoms with E-state index < -0.39 is 0 Å². The first-order chi connectivity index (χ1) is 6.38. The van der Waals surface area contributed by atoms with Crippen molar-refractivity contribution in [2.45, 2.75) is 45.1 Å². The van der Waals surface area contributed by atoms with Gasteiger partial charge in [0.2, 0.25) is 0 Å². The van der Waals surface area contributed by atoms with Crippen molar-refractivity contribution in [2.24, 2.45) is 0 Å². The maximum atomic E-state index is 3.23. The standard InChI is InChI=1S/C11H24N2/c1-3-13(10-9-12-2)11-7-5-4-6-8-11/h11-12H,3-10H2,1-2H3. The van der Waals surface area contributed by atoms with Gasteiger partial charge in [0.05, 0.1) is 0 Å². The third kappa shape index (κ3) is 3.65. The Morgan fingerprint density at radius 3 is 2.46 bits per heavy atom. The SMILES string of the molecule is CCN(CCNC)C1CCCCC1. The van der Waals surface area contributed by atoms with Gasteiger partial charge in [0.1, 0.15) is 0 Å². The summed E-state index contributed by atoms with van der Waals surface area (Å²) in [5.74, 6) is 0. The molecule has 78 valence electrons. The molecule has 0 aromatic rings. The smallest absolute Gasteiger partial charge is 0.0110 e. The molecule has 1 fully saturated rings. The molecule has 1 saturated carbocycles. The fourth-order valence-electron chi connectivity index (χ4n) is 2.30. The Balaban J connectivity index is 2.26. The summed E-state index contributed by atoms with van der Waals surface area (Å²) in [6.07, 6.45) is 7.20. The first-order valence-electron chi connectivity index (χ1n) is 5.77. The molecule has 1 rings (SSSR count). The van der Waals surface area contributed by atoms with Gasteiger partial charge in [-0.1, -0.05) is 26.2 Å². The van der Waals surface area contributed by atoms with E-state index in [9.17, 15) is 0 Å². The Morgan fingerprint density at radius 2 is 1.92 bits per heavy atom. The van der Waals surface area contributed by atoms with Crippen molar-refractivity contribution < 1.29 is 0 Å². The molecular weight excluding hydrogens is 160 g/mol. The summed E-state index contributed by atoms with van der Waals surface area (Å²) in [4.78, 5) is 2.63. The van der Waals surface area contributed by atoms with Crippen molar-refractivity contribution >= 4 is 0 Å². The second kappa shape index (κ2) is 6.39. The van der Waals surface area contributed by atoms with Crippen molar-refractivity contribution in [2.75, 3.05) is 26.7 Å². The zero-order valence-corrected chi connectivity index (χ0v) is 9.18. The van der Waals surface area contributed by atoms with Crippen LogP contribution in [0.4, 0.5) is 0 Å². The number of nitrogens with zero attached hydrogens (tertiary/aromatic N) is 1. The van der Waals surface area contributed by atoms with Crippen LogP contribution < -0.4 is 5.32 Å². The fourth-order valence-corrected chi connectivity index (χ4v) is 2.30. The van der Waals surface area contributed by atoms with Crippen LogP contribution in [0.1, 0.15) is 39.0 Å². The Kier molecular flexibility index (Phi) is 5.40. The first kappa shape index (κ1) is 11.0. The lowest BCUT2D eigenvalue weighted by atomic mass is 9.94.